The van der Waals surface area contributed by atoms with Crippen LogP contribution < -0.4 is 5.32 Å². The molecule has 0 saturated carbocycles. The summed E-state index contributed by atoms with van der Waals surface area (Å²) < 4.78 is 13.7. The molecular weight excluding hydrogens is 324 g/mol. The number of hydrogen-bond donors (Lipinski definition) is 1. The van der Waals surface area contributed by atoms with Crippen molar-refractivity contribution in [3.05, 3.63) is 69.5 Å². The molecule has 22 heavy (non-hydrogen) atoms. The second kappa shape index (κ2) is 6.27. The number of carbonyl (C=O) groups is 1. The first-order valence-corrected chi connectivity index (χ1v) is 7.79. The van der Waals surface area contributed by atoms with E-state index in [2.05, 4.69) is 5.32 Å². The number of piperidine rings is 1. The van der Waals surface area contributed by atoms with Crippen LogP contribution in [0, 0.1) is 5.82 Å². The molecule has 1 aliphatic rings. The molecule has 114 valence electrons. The monoisotopic (exact) mass is 337 g/mol. The minimum absolute atomic E-state index is 0.00120. The second-order valence-corrected chi connectivity index (χ2v) is 6.32. The van der Waals surface area contributed by atoms with Gasteiger partial charge in [-0.2, -0.15) is 0 Å². The maximum absolute atomic E-state index is 13.7. The highest BCUT2D eigenvalue weighted by Gasteiger charge is 2.31. The maximum Gasteiger partial charge on any atom is 0.220 e. The third-order valence-corrected chi connectivity index (χ3v) is 4.41. The molecular formula is C17H14Cl2FNO. The summed E-state index contributed by atoms with van der Waals surface area (Å²) in [6.07, 6.45) is 1.07. The average molecular weight is 338 g/mol. The summed E-state index contributed by atoms with van der Waals surface area (Å²) in [4.78, 5) is 11.8. The molecule has 3 rings (SSSR count). The predicted molar refractivity (Wildman–Crippen MR) is 85.7 cm³/mol. The van der Waals surface area contributed by atoms with Crippen LogP contribution in [-0.2, 0) is 4.79 Å². The van der Waals surface area contributed by atoms with E-state index < -0.39 is 0 Å². The minimum atomic E-state index is -0.366. The minimum Gasteiger partial charge on any atom is -0.349 e. The van der Waals surface area contributed by atoms with Crippen LogP contribution >= 0.6 is 23.2 Å². The Morgan fingerprint density at radius 2 is 1.73 bits per heavy atom. The first kappa shape index (κ1) is 15.3. The molecule has 1 fully saturated rings. The highest BCUT2D eigenvalue weighted by Crippen LogP contribution is 2.39. The van der Waals surface area contributed by atoms with Crippen LogP contribution in [0.1, 0.15) is 35.9 Å². The second-order valence-electron chi connectivity index (χ2n) is 5.44. The summed E-state index contributed by atoms with van der Waals surface area (Å²) in [7, 11) is 0. The van der Waals surface area contributed by atoms with Gasteiger partial charge in [0.1, 0.15) is 5.82 Å². The molecule has 0 radical (unpaired) electrons. The summed E-state index contributed by atoms with van der Waals surface area (Å²) in [6, 6.07) is 11.6. The number of carbonyl (C=O) groups excluding carboxylic acids is 1. The lowest BCUT2D eigenvalue weighted by molar-refractivity contribution is -0.123. The van der Waals surface area contributed by atoms with Gasteiger partial charge in [-0.15, -0.1) is 0 Å². The summed E-state index contributed by atoms with van der Waals surface area (Å²) in [5, 5.41) is 3.99. The molecule has 2 aromatic carbocycles. The fraction of sp³-hybridized carbons (Fsp3) is 0.235. The largest absolute Gasteiger partial charge is 0.349 e. The lowest BCUT2D eigenvalue weighted by Crippen LogP contribution is -2.37. The van der Waals surface area contributed by atoms with Gasteiger partial charge in [0, 0.05) is 22.4 Å². The van der Waals surface area contributed by atoms with E-state index in [0.29, 0.717) is 22.9 Å². The number of rotatable bonds is 2. The summed E-state index contributed by atoms with van der Waals surface area (Å²) >= 11 is 11.9. The quantitative estimate of drug-likeness (QED) is 0.832. The fourth-order valence-electron chi connectivity index (χ4n) is 2.93. The molecule has 1 aliphatic heterocycles. The number of halogens is 3. The van der Waals surface area contributed by atoms with Crippen LogP contribution in [0.2, 0.25) is 10.0 Å². The van der Waals surface area contributed by atoms with Gasteiger partial charge in [0.2, 0.25) is 5.91 Å². The van der Waals surface area contributed by atoms with Gasteiger partial charge < -0.3 is 5.32 Å². The first-order chi connectivity index (χ1) is 10.5. The van der Waals surface area contributed by atoms with Gasteiger partial charge in [0.15, 0.2) is 0 Å². The normalized spacial score (nSPS) is 21.5. The van der Waals surface area contributed by atoms with Crippen molar-refractivity contribution in [2.24, 2.45) is 0 Å². The SMILES string of the molecule is O=C1CCC(c2cc(F)cc(Cl)c2)[C@@H](c2ccc(Cl)cc2)N1. The number of benzene rings is 2. The van der Waals surface area contributed by atoms with Crippen molar-refractivity contribution in [3.8, 4) is 0 Å². The van der Waals surface area contributed by atoms with Crippen LogP contribution in [0.3, 0.4) is 0 Å². The van der Waals surface area contributed by atoms with E-state index >= 15 is 0 Å². The predicted octanol–water partition coefficient (Wildman–Crippen LogP) is 4.87. The molecule has 0 aliphatic carbocycles. The number of hydrogen-bond acceptors (Lipinski definition) is 1. The fourth-order valence-corrected chi connectivity index (χ4v) is 3.29. The van der Waals surface area contributed by atoms with Crippen LogP contribution in [0.15, 0.2) is 42.5 Å². The zero-order chi connectivity index (χ0) is 15.7. The first-order valence-electron chi connectivity index (χ1n) is 7.04. The van der Waals surface area contributed by atoms with E-state index in [0.717, 1.165) is 11.1 Å². The van der Waals surface area contributed by atoms with E-state index in [1.54, 1.807) is 18.2 Å². The Labute approximate surface area is 138 Å². The van der Waals surface area contributed by atoms with E-state index in [9.17, 15) is 9.18 Å². The van der Waals surface area contributed by atoms with Gasteiger partial charge in [-0.05, 0) is 47.9 Å². The van der Waals surface area contributed by atoms with Crippen molar-refractivity contribution < 1.29 is 9.18 Å². The van der Waals surface area contributed by atoms with Crippen molar-refractivity contribution in [3.63, 3.8) is 0 Å². The van der Waals surface area contributed by atoms with Crippen LogP contribution in [0.25, 0.3) is 0 Å². The van der Waals surface area contributed by atoms with E-state index in [1.807, 2.05) is 12.1 Å². The highest BCUT2D eigenvalue weighted by molar-refractivity contribution is 6.30. The molecule has 5 heteroatoms. The standard InChI is InChI=1S/C17H14Cl2FNO/c18-12-3-1-10(2-4-12)17-15(5-6-16(22)21-17)11-7-13(19)9-14(20)8-11/h1-4,7-9,15,17H,5-6H2,(H,21,22)/t15?,17-/m1/s1. The molecule has 1 saturated heterocycles. The molecule has 0 aromatic heterocycles. The lowest BCUT2D eigenvalue weighted by atomic mass is 9.81. The van der Waals surface area contributed by atoms with Crippen LogP contribution in [0.5, 0.6) is 0 Å². The lowest BCUT2D eigenvalue weighted by Gasteiger charge is -2.33. The van der Waals surface area contributed by atoms with Crippen molar-refractivity contribution in [1.82, 2.24) is 5.32 Å². The maximum atomic E-state index is 13.7. The molecule has 0 spiro atoms. The van der Waals surface area contributed by atoms with Crippen LogP contribution in [0.4, 0.5) is 4.39 Å². The Morgan fingerprint density at radius 1 is 1.00 bits per heavy atom. The van der Waals surface area contributed by atoms with E-state index in [4.69, 9.17) is 23.2 Å². The Bertz CT molecular complexity index is 682. The molecule has 2 atom stereocenters. The Morgan fingerprint density at radius 3 is 2.41 bits per heavy atom. The third kappa shape index (κ3) is 3.26. The highest BCUT2D eigenvalue weighted by atomic mass is 35.5. The van der Waals surface area contributed by atoms with Crippen molar-refractivity contribution in [2.75, 3.05) is 0 Å². The number of nitrogens with one attached hydrogen (secondary N) is 1. The summed E-state index contributed by atoms with van der Waals surface area (Å²) in [6.45, 7) is 0. The zero-order valence-corrected chi connectivity index (χ0v) is 13.2. The third-order valence-electron chi connectivity index (χ3n) is 3.94. The summed E-state index contributed by atoms with van der Waals surface area (Å²) in [5.74, 6) is -0.389. The molecule has 1 heterocycles. The van der Waals surface area contributed by atoms with Gasteiger partial charge in [-0.3, -0.25) is 4.79 Å². The Kier molecular flexibility index (Phi) is 4.37. The molecule has 1 N–H and O–H groups in total. The zero-order valence-electron chi connectivity index (χ0n) is 11.7. The molecule has 0 bridgehead atoms. The smallest absolute Gasteiger partial charge is 0.220 e. The van der Waals surface area contributed by atoms with Crippen molar-refractivity contribution in [1.29, 1.82) is 0 Å². The average Bonchev–Trinajstić information content (AvgIpc) is 2.47. The summed E-state index contributed by atoms with van der Waals surface area (Å²) in [5.41, 5.74) is 1.74. The van der Waals surface area contributed by atoms with Gasteiger partial charge in [-0.25, -0.2) is 4.39 Å². The van der Waals surface area contributed by atoms with Crippen molar-refractivity contribution in [2.45, 2.75) is 24.8 Å². The van der Waals surface area contributed by atoms with Gasteiger partial charge in [0.25, 0.3) is 0 Å². The van der Waals surface area contributed by atoms with Crippen LogP contribution in [-0.4, -0.2) is 5.91 Å². The van der Waals surface area contributed by atoms with Crippen molar-refractivity contribution >= 4 is 29.1 Å². The Hall–Kier alpha value is -1.58. The number of amides is 1. The molecule has 2 nitrogen and oxygen atoms in total. The van der Waals surface area contributed by atoms with E-state index in [1.165, 1.54) is 12.1 Å². The molecule has 1 unspecified atom stereocenters. The van der Waals surface area contributed by atoms with E-state index in [-0.39, 0.29) is 23.7 Å². The van der Waals surface area contributed by atoms with Gasteiger partial charge in [-0.1, -0.05) is 35.3 Å². The Balaban J connectivity index is 1.99. The van der Waals surface area contributed by atoms with Gasteiger partial charge >= 0.3 is 0 Å². The molecule has 1 amide bonds. The van der Waals surface area contributed by atoms with Gasteiger partial charge in [0.05, 0.1) is 6.04 Å². The topological polar surface area (TPSA) is 29.1 Å². The molecule has 2 aromatic rings.